The summed E-state index contributed by atoms with van der Waals surface area (Å²) < 4.78 is 0. The van der Waals surface area contributed by atoms with Gasteiger partial charge in [0.25, 0.3) is 5.91 Å². The predicted octanol–water partition coefficient (Wildman–Crippen LogP) is 3.01. The molecule has 0 fully saturated rings. The normalized spacial score (nSPS) is 10.2. The van der Waals surface area contributed by atoms with Crippen LogP contribution in [0.25, 0.3) is 0 Å². The second-order valence-electron chi connectivity index (χ2n) is 4.65. The van der Waals surface area contributed by atoms with E-state index in [2.05, 4.69) is 15.3 Å². The fourth-order valence-corrected chi connectivity index (χ4v) is 2.08. The Labute approximate surface area is 125 Å². The quantitative estimate of drug-likeness (QED) is 0.917. The Hall–Kier alpha value is -2.43. The molecule has 5 nitrogen and oxygen atoms in total. The van der Waals surface area contributed by atoms with Crippen molar-refractivity contribution in [3.05, 3.63) is 47.9 Å². The summed E-state index contributed by atoms with van der Waals surface area (Å²) in [5, 5.41) is 3.19. The van der Waals surface area contributed by atoms with E-state index in [9.17, 15) is 4.79 Å². The third kappa shape index (κ3) is 3.78. The minimum Gasteiger partial charge on any atom is -0.340 e. The second-order valence-corrected chi connectivity index (χ2v) is 4.65. The number of rotatable bonds is 5. The smallest absolute Gasteiger partial charge is 0.272 e. The lowest BCUT2D eigenvalue weighted by molar-refractivity contribution is 0.0766. The summed E-state index contributed by atoms with van der Waals surface area (Å²) in [6.45, 7) is 7.03. The Morgan fingerprint density at radius 1 is 1.14 bits per heavy atom. The first-order valence-electron chi connectivity index (χ1n) is 7.11. The average molecular weight is 284 g/mol. The first-order valence-corrected chi connectivity index (χ1v) is 7.11. The maximum Gasteiger partial charge on any atom is 0.272 e. The van der Waals surface area contributed by atoms with Crippen LogP contribution in [0, 0.1) is 6.92 Å². The van der Waals surface area contributed by atoms with Crippen LogP contribution >= 0.6 is 0 Å². The van der Waals surface area contributed by atoms with E-state index < -0.39 is 0 Å². The van der Waals surface area contributed by atoms with E-state index in [4.69, 9.17) is 0 Å². The van der Waals surface area contributed by atoms with Gasteiger partial charge in [0.1, 0.15) is 17.3 Å². The maximum atomic E-state index is 12.4. The Morgan fingerprint density at radius 2 is 1.81 bits per heavy atom. The topological polar surface area (TPSA) is 58.1 Å². The lowest BCUT2D eigenvalue weighted by Gasteiger charge is -2.18. The first-order chi connectivity index (χ1) is 10.1. The summed E-state index contributed by atoms with van der Waals surface area (Å²) in [4.78, 5) is 22.7. The van der Waals surface area contributed by atoms with E-state index in [0.717, 1.165) is 5.69 Å². The van der Waals surface area contributed by atoms with Gasteiger partial charge in [-0.1, -0.05) is 18.2 Å². The number of carbonyl (C=O) groups is 1. The van der Waals surface area contributed by atoms with Gasteiger partial charge < -0.3 is 10.2 Å². The highest BCUT2D eigenvalue weighted by Gasteiger charge is 2.15. The molecule has 0 aliphatic heterocycles. The molecule has 21 heavy (non-hydrogen) atoms. The van der Waals surface area contributed by atoms with Crippen molar-refractivity contribution in [1.29, 1.82) is 0 Å². The zero-order valence-corrected chi connectivity index (χ0v) is 12.6. The van der Waals surface area contributed by atoms with Gasteiger partial charge in [-0.2, -0.15) is 0 Å². The predicted molar refractivity (Wildman–Crippen MR) is 83.7 cm³/mol. The highest BCUT2D eigenvalue weighted by atomic mass is 16.2. The van der Waals surface area contributed by atoms with Gasteiger partial charge in [0.15, 0.2) is 0 Å². The zero-order chi connectivity index (χ0) is 15.2. The number of aromatic nitrogens is 2. The molecule has 2 aromatic rings. The van der Waals surface area contributed by atoms with Crippen LogP contribution in [0.2, 0.25) is 0 Å². The summed E-state index contributed by atoms with van der Waals surface area (Å²) in [6, 6.07) is 11.4. The molecule has 2 rings (SSSR count). The van der Waals surface area contributed by atoms with Crippen LogP contribution in [0.5, 0.6) is 0 Å². The van der Waals surface area contributed by atoms with Crippen molar-refractivity contribution in [2.75, 3.05) is 18.4 Å². The first kappa shape index (κ1) is 15.0. The molecule has 0 radical (unpaired) electrons. The Bertz CT molecular complexity index is 609. The van der Waals surface area contributed by atoms with E-state index >= 15 is 0 Å². The van der Waals surface area contributed by atoms with E-state index in [1.807, 2.05) is 44.2 Å². The molecule has 1 heterocycles. The van der Waals surface area contributed by atoms with Gasteiger partial charge in [0.2, 0.25) is 0 Å². The van der Waals surface area contributed by atoms with E-state index in [-0.39, 0.29) is 5.91 Å². The molecule has 0 saturated carbocycles. The average Bonchev–Trinajstić information content (AvgIpc) is 2.49. The number of aryl methyl sites for hydroxylation is 1. The van der Waals surface area contributed by atoms with Gasteiger partial charge >= 0.3 is 0 Å². The van der Waals surface area contributed by atoms with Crippen LogP contribution in [-0.2, 0) is 0 Å². The van der Waals surface area contributed by atoms with Gasteiger partial charge in [-0.3, -0.25) is 4.79 Å². The van der Waals surface area contributed by atoms with Gasteiger partial charge in [-0.25, -0.2) is 9.97 Å². The maximum absolute atomic E-state index is 12.4. The summed E-state index contributed by atoms with van der Waals surface area (Å²) >= 11 is 0. The summed E-state index contributed by atoms with van der Waals surface area (Å²) in [7, 11) is 0. The SMILES string of the molecule is CCN(CC)C(=O)c1cc(Nc2ccccc2)nc(C)n1. The molecule has 0 bridgehead atoms. The van der Waals surface area contributed by atoms with Crippen LogP contribution in [-0.4, -0.2) is 33.9 Å². The molecule has 0 atom stereocenters. The van der Waals surface area contributed by atoms with Gasteiger partial charge in [-0.15, -0.1) is 0 Å². The second kappa shape index (κ2) is 6.83. The standard InChI is InChI=1S/C16H20N4O/c1-4-20(5-2)16(21)14-11-15(18-12(3)17-14)19-13-9-7-6-8-10-13/h6-11H,4-5H2,1-3H3,(H,17,18,19). The van der Waals surface area contributed by atoms with E-state index in [1.54, 1.807) is 17.9 Å². The third-order valence-corrected chi connectivity index (χ3v) is 3.15. The monoisotopic (exact) mass is 284 g/mol. The molecule has 1 aromatic heterocycles. The molecule has 5 heteroatoms. The number of anilines is 2. The number of nitrogens with one attached hydrogen (secondary N) is 1. The summed E-state index contributed by atoms with van der Waals surface area (Å²) in [5.74, 6) is 1.14. The fraction of sp³-hybridized carbons (Fsp3) is 0.312. The molecule has 0 aliphatic rings. The zero-order valence-electron chi connectivity index (χ0n) is 12.6. The number of carbonyl (C=O) groups excluding carboxylic acids is 1. The van der Waals surface area contributed by atoms with Crippen molar-refractivity contribution in [3.63, 3.8) is 0 Å². The van der Waals surface area contributed by atoms with Crippen molar-refractivity contribution in [2.24, 2.45) is 0 Å². The van der Waals surface area contributed by atoms with Crippen LogP contribution in [0.15, 0.2) is 36.4 Å². The van der Waals surface area contributed by atoms with Crippen molar-refractivity contribution in [2.45, 2.75) is 20.8 Å². The number of hydrogen-bond acceptors (Lipinski definition) is 4. The lowest BCUT2D eigenvalue weighted by atomic mass is 10.3. The summed E-state index contributed by atoms with van der Waals surface area (Å²) in [6.07, 6.45) is 0. The van der Waals surface area contributed by atoms with E-state index in [1.165, 1.54) is 0 Å². The van der Waals surface area contributed by atoms with E-state index in [0.29, 0.717) is 30.4 Å². The van der Waals surface area contributed by atoms with Crippen LogP contribution in [0.4, 0.5) is 11.5 Å². The number of nitrogens with zero attached hydrogens (tertiary/aromatic N) is 3. The molecule has 1 amide bonds. The Morgan fingerprint density at radius 3 is 2.43 bits per heavy atom. The number of hydrogen-bond donors (Lipinski definition) is 1. The molecular weight excluding hydrogens is 264 g/mol. The third-order valence-electron chi connectivity index (χ3n) is 3.15. The highest BCUT2D eigenvalue weighted by molar-refractivity contribution is 5.93. The number of benzene rings is 1. The minimum atomic E-state index is -0.0680. The minimum absolute atomic E-state index is 0.0680. The van der Waals surface area contributed by atoms with Crippen molar-refractivity contribution >= 4 is 17.4 Å². The molecular formula is C16H20N4O. The number of amides is 1. The van der Waals surface area contributed by atoms with Gasteiger partial charge in [-0.05, 0) is 32.9 Å². The molecule has 1 N–H and O–H groups in total. The molecule has 1 aromatic carbocycles. The van der Waals surface area contributed by atoms with Crippen LogP contribution < -0.4 is 5.32 Å². The molecule has 0 spiro atoms. The molecule has 0 unspecified atom stereocenters. The lowest BCUT2D eigenvalue weighted by Crippen LogP contribution is -2.31. The molecule has 110 valence electrons. The largest absolute Gasteiger partial charge is 0.340 e. The van der Waals surface area contributed by atoms with Crippen molar-refractivity contribution < 1.29 is 4.79 Å². The highest BCUT2D eigenvalue weighted by Crippen LogP contribution is 2.15. The van der Waals surface area contributed by atoms with Crippen molar-refractivity contribution in [3.8, 4) is 0 Å². The molecule has 0 saturated heterocycles. The number of para-hydroxylation sites is 1. The van der Waals surface area contributed by atoms with Gasteiger partial charge in [0, 0.05) is 24.8 Å². The van der Waals surface area contributed by atoms with Crippen LogP contribution in [0.3, 0.4) is 0 Å². The van der Waals surface area contributed by atoms with Gasteiger partial charge in [0.05, 0.1) is 0 Å². The molecule has 0 aliphatic carbocycles. The fourth-order valence-electron chi connectivity index (χ4n) is 2.08. The Balaban J connectivity index is 2.27. The Kier molecular flexibility index (Phi) is 4.87. The van der Waals surface area contributed by atoms with Crippen LogP contribution in [0.1, 0.15) is 30.2 Å². The van der Waals surface area contributed by atoms with Crippen molar-refractivity contribution in [1.82, 2.24) is 14.9 Å². The summed E-state index contributed by atoms with van der Waals surface area (Å²) in [5.41, 5.74) is 1.35.